The number of thiophene rings is 1. The maximum absolute atomic E-state index is 2.53. The third-order valence-corrected chi connectivity index (χ3v) is 12.0. The lowest BCUT2D eigenvalue weighted by molar-refractivity contribution is 1.19. The molecule has 0 aliphatic carbocycles. The minimum absolute atomic E-state index is 1.19. The van der Waals surface area contributed by atoms with Crippen molar-refractivity contribution in [2.24, 2.45) is 0 Å². The van der Waals surface area contributed by atoms with Gasteiger partial charge in [-0.15, -0.1) is 11.3 Å². The van der Waals surface area contributed by atoms with Gasteiger partial charge in [0.15, 0.2) is 0 Å². The van der Waals surface area contributed by atoms with E-state index >= 15 is 0 Å². The lowest BCUT2D eigenvalue weighted by Gasteiger charge is -2.13. The van der Waals surface area contributed by atoms with E-state index in [9.17, 15) is 0 Å². The summed E-state index contributed by atoms with van der Waals surface area (Å²) in [6.45, 7) is 0. The van der Waals surface area contributed by atoms with Gasteiger partial charge in [-0.25, -0.2) is 0 Å². The lowest BCUT2D eigenvalue weighted by atomic mass is 9.98. The van der Waals surface area contributed by atoms with Crippen LogP contribution in [0, 0.1) is 0 Å². The maximum Gasteiger partial charge on any atom is 0.0628 e. The number of aromatic nitrogens is 2. The van der Waals surface area contributed by atoms with Crippen LogP contribution in [0.2, 0.25) is 0 Å². The topological polar surface area (TPSA) is 9.34 Å². The molecule has 0 bridgehead atoms. The van der Waals surface area contributed by atoms with E-state index in [1.807, 2.05) is 11.3 Å². The highest BCUT2D eigenvalue weighted by molar-refractivity contribution is 7.26. The summed E-state index contributed by atoms with van der Waals surface area (Å²) in [5.74, 6) is 0. The highest BCUT2D eigenvalue weighted by atomic mass is 32.1. The van der Waals surface area contributed by atoms with E-state index in [-0.39, 0.29) is 0 Å². The molecule has 12 rings (SSSR count). The van der Waals surface area contributed by atoms with Crippen LogP contribution in [0.4, 0.5) is 0 Å². The smallest absolute Gasteiger partial charge is 0.0628 e. The van der Waals surface area contributed by atoms with Crippen LogP contribution in [-0.2, 0) is 0 Å². The SMILES string of the molecule is c1ccc2cc(-c3cc(-n4c5ccccc5c5c6c7ccccc7n7c8ccccc8c(cc54)c67)cc4c3sc3ccccc34)ccc2c1. The van der Waals surface area contributed by atoms with Crippen molar-refractivity contribution >= 4 is 102 Å². The van der Waals surface area contributed by atoms with Crippen molar-refractivity contribution in [1.82, 2.24) is 8.97 Å². The molecule has 0 saturated carbocycles. The number of hydrogen-bond acceptors (Lipinski definition) is 1. The number of nitrogens with zero attached hydrogens (tertiary/aromatic N) is 2. The molecule has 226 valence electrons. The first kappa shape index (κ1) is 25.9. The molecule has 4 aromatic heterocycles. The number of rotatable bonds is 2. The van der Waals surface area contributed by atoms with Crippen LogP contribution in [0.25, 0.3) is 108 Å². The van der Waals surface area contributed by atoms with Gasteiger partial charge in [0.25, 0.3) is 0 Å². The van der Waals surface area contributed by atoms with E-state index in [4.69, 9.17) is 0 Å². The molecule has 3 heteroatoms. The van der Waals surface area contributed by atoms with Crippen LogP contribution in [0.15, 0.2) is 158 Å². The molecule has 49 heavy (non-hydrogen) atoms. The molecule has 8 aromatic carbocycles. The largest absolute Gasteiger partial charge is 0.309 e. The summed E-state index contributed by atoms with van der Waals surface area (Å²) in [6.07, 6.45) is 0. The normalized spacial score (nSPS) is 12.5. The number of fused-ring (bicyclic) bond motifs is 14. The van der Waals surface area contributed by atoms with E-state index in [2.05, 4.69) is 167 Å². The molecule has 0 atom stereocenters. The van der Waals surface area contributed by atoms with Gasteiger partial charge in [-0.3, -0.25) is 0 Å². The van der Waals surface area contributed by atoms with Crippen LogP contribution >= 0.6 is 11.3 Å². The predicted octanol–water partition coefficient (Wildman–Crippen LogP) is 13.1. The van der Waals surface area contributed by atoms with Gasteiger partial charge in [0.05, 0.1) is 27.6 Å². The summed E-state index contributed by atoms with van der Waals surface area (Å²) in [5.41, 5.74) is 10.0. The molecular weight excluding hydrogens is 613 g/mol. The standard InChI is InChI=1S/C46H26N2S/c1-2-12-28-23-29(22-21-27(28)11-1)35-24-30(25-37-32-14-6-10-20-42(32)49-46(35)37)47-39-18-8-4-15-33(39)43-41(47)26-36-31-13-3-7-17-38(31)48-40-19-9-5-16-34(40)44(43)45(36)48/h1-26H. The summed E-state index contributed by atoms with van der Waals surface area (Å²) in [7, 11) is 0. The van der Waals surface area contributed by atoms with E-state index in [0.29, 0.717) is 0 Å². The Hall–Kier alpha value is -6.16. The molecular formula is C46H26N2S. The van der Waals surface area contributed by atoms with Crippen LogP contribution in [0.1, 0.15) is 0 Å². The zero-order chi connectivity index (χ0) is 31.8. The highest BCUT2D eigenvalue weighted by Crippen LogP contribution is 2.48. The van der Waals surface area contributed by atoms with Gasteiger partial charge in [0.2, 0.25) is 0 Å². The van der Waals surface area contributed by atoms with Gasteiger partial charge >= 0.3 is 0 Å². The second-order valence-electron chi connectivity index (χ2n) is 13.3. The molecule has 0 fully saturated rings. The Morgan fingerprint density at radius 1 is 0.408 bits per heavy atom. The summed E-state index contributed by atoms with van der Waals surface area (Å²) in [4.78, 5) is 0. The first-order valence-corrected chi connectivity index (χ1v) is 17.7. The van der Waals surface area contributed by atoms with Crippen molar-refractivity contribution in [2.75, 3.05) is 0 Å². The zero-order valence-electron chi connectivity index (χ0n) is 26.3. The third-order valence-electron chi connectivity index (χ3n) is 10.8. The van der Waals surface area contributed by atoms with Gasteiger partial charge < -0.3 is 8.97 Å². The fourth-order valence-electron chi connectivity index (χ4n) is 8.75. The molecule has 0 spiro atoms. The molecule has 0 N–H and O–H groups in total. The minimum Gasteiger partial charge on any atom is -0.309 e. The van der Waals surface area contributed by atoms with Crippen molar-refractivity contribution < 1.29 is 0 Å². The average molecular weight is 639 g/mol. The minimum atomic E-state index is 1.19. The second kappa shape index (κ2) is 9.25. The Balaban J connectivity index is 1.29. The Kier molecular flexibility index (Phi) is 4.89. The van der Waals surface area contributed by atoms with Crippen molar-refractivity contribution in [1.29, 1.82) is 0 Å². The first-order chi connectivity index (χ1) is 24.3. The quantitative estimate of drug-likeness (QED) is 0.178. The molecule has 0 aliphatic heterocycles. The molecule has 0 unspecified atom stereocenters. The summed E-state index contributed by atoms with van der Waals surface area (Å²) >= 11 is 1.90. The second-order valence-corrected chi connectivity index (χ2v) is 14.3. The van der Waals surface area contributed by atoms with Crippen LogP contribution in [-0.4, -0.2) is 8.97 Å². The van der Waals surface area contributed by atoms with Gasteiger partial charge in [0.1, 0.15) is 0 Å². The van der Waals surface area contributed by atoms with E-state index in [1.54, 1.807) is 0 Å². The van der Waals surface area contributed by atoms with Gasteiger partial charge in [0, 0.05) is 63.7 Å². The highest BCUT2D eigenvalue weighted by Gasteiger charge is 2.24. The summed E-state index contributed by atoms with van der Waals surface area (Å²) in [6, 6.07) is 58.6. The number of hydrogen-bond donors (Lipinski definition) is 0. The Morgan fingerprint density at radius 3 is 1.90 bits per heavy atom. The van der Waals surface area contributed by atoms with Crippen LogP contribution in [0.3, 0.4) is 0 Å². The van der Waals surface area contributed by atoms with E-state index in [1.165, 1.54) is 108 Å². The van der Waals surface area contributed by atoms with E-state index < -0.39 is 0 Å². The number of para-hydroxylation sites is 3. The van der Waals surface area contributed by atoms with Crippen molar-refractivity contribution in [3.05, 3.63) is 158 Å². The van der Waals surface area contributed by atoms with Gasteiger partial charge in [-0.1, -0.05) is 109 Å². The molecule has 0 amide bonds. The van der Waals surface area contributed by atoms with Crippen molar-refractivity contribution in [3.8, 4) is 16.8 Å². The Labute approximate surface area is 284 Å². The molecule has 0 saturated heterocycles. The van der Waals surface area contributed by atoms with Gasteiger partial charge in [-0.05, 0) is 64.9 Å². The molecule has 0 aliphatic rings. The predicted molar refractivity (Wildman–Crippen MR) is 211 cm³/mol. The molecule has 0 radical (unpaired) electrons. The Morgan fingerprint density at radius 2 is 1.06 bits per heavy atom. The van der Waals surface area contributed by atoms with E-state index in [0.717, 1.165) is 0 Å². The van der Waals surface area contributed by atoms with Crippen molar-refractivity contribution in [3.63, 3.8) is 0 Å². The van der Waals surface area contributed by atoms with Crippen LogP contribution in [0.5, 0.6) is 0 Å². The first-order valence-electron chi connectivity index (χ1n) is 16.9. The molecule has 12 aromatic rings. The fourth-order valence-corrected chi connectivity index (χ4v) is 9.97. The van der Waals surface area contributed by atoms with Crippen molar-refractivity contribution in [2.45, 2.75) is 0 Å². The molecule has 2 nitrogen and oxygen atoms in total. The Bertz CT molecular complexity index is 3340. The van der Waals surface area contributed by atoms with Gasteiger partial charge in [-0.2, -0.15) is 0 Å². The summed E-state index contributed by atoms with van der Waals surface area (Å²) in [5, 5.41) is 13.0. The zero-order valence-corrected chi connectivity index (χ0v) is 27.1. The van der Waals surface area contributed by atoms with Crippen LogP contribution < -0.4 is 0 Å². The molecule has 4 heterocycles. The summed E-state index contributed by atoms with van der Waals surface area (Å²) < 4.78 is 7.67. The third kappa shape index (κ3) is 3.30. The lowest BCUT2D eigenvalue weighted by Crippen LogP contribution is -1.95. The number of benzene rings is 8. The fraction of sp³-hybridized carbons (Fsp3) is 0. The monoisotopic (exact) mass is 638 g/mol. The average Bonchev–Trinajstić information content (AvgIpc) is 3.89. The maximum atomic E-state index is 2.53.